The van der Waals surface area contributed by atoms with E-state index in [4.69, 9.17) is 0 Å². The second-order valence-corrected chi connectivity index (χ2v) is 5.50. The van der Waals surface area contributed by atoms with Crippen molar-refractivity contribution in [3.8, 4) is 0 Å². The van der Waals surface area contributed by atoms with E-state index in [9.17, 15) is 8.42 Å². The molecule has 0 saturated carbocycles. The van der Waals surface area contributed by atoms with Crippen LogP contribution in [0.3, 0.4) is 0 Å². The Labute approximate surface area is 90.8 Å². The van der Waals surface area contributed by atoms with Crippen LogP contribution in [0.1, 0.15) is 13.8 Å². The molecule has 0 aliphatic rings. The van der Waals surface area contributed by atoms with E-state index in [-0.39, 0.29) is 0 Å². The van der Waals surface area contributed by atoms with E-state index in [1.165, 1.54) is 0 Å². The van der Waals surface area contributed by atoms with E-state index in [0.717, 1.165) is 11.9 Å². The van der Waals surface area contributed by atoms with Crippen molar-refractivity contribution in [3.05, 3.63) is 24.3 Å². The summed E-state index contributed by atoms with van der Waals surface area (Å²) < 4.78 is 24.4. The molecule has 2 N–H and O–H groups in total. The van der Waals surface area contributed by atoms with Crippen LogP contribution in [-0.2, 0) is 10.0 Å². The summed E-state index contributed by atoms with van der Waals surface area (Å²) in [5.74, 6) is 0. The first-order chi connectivity index (χ1) is 6.87. The minimum absolute atomic E-state index is 0.318. The molecule has 0 aromatic heterocycles. The molecule has 1 aromatic rings. The van der Waals surface area contributed by atoms with Gasteiger partial charge in [0, 0.05) is 11.7 Å². The fourth-order valence-corrected chi connectivity index (χ4v) is 1.77. The van der Waals surface area contributed by atoms with Gasteiger partial charge in [0.25, 0.3) is 0 Å². The maximum Gasteiger partial charge on any atom is 0.229 e. The third-order valence-electron chi connectivity index (χ3n) is 1.62. The lowest BCUT2D eigenvalue weighted by Gasteiger charge is -2.11. The third kappa shape index (κ3) is 4.69. The van der Waals surface area contributed by atoms with Crippen LogP contribution in [-0.4, -0.2) is 20.7 Å². The predicted molar refractivity (Wildman–Crippen MR) is 63.7 cm³/mol. The van der Waals surface area contributed by atoms with Crippen molar-refractivity contribution in [2.75, 3.05) is 16.3 Å². The van der Waals surface area contributed by atoms with Crippen LogP contribution in [0.15, 0.2) is 24.3 Å². The molecule has 0 amide bonds. The SMILES string of the molecule is CC(C)Nc1cccc(NS(C)(=O)=O)c1. The van der Waals surface area contributed by atoms with Crippen molar-refractivity contribution < 1.29 is 8.42 Å². The zero-order valence-electron chi connectivity index (χ0n) is 9.11. The summed E-state index contributed by atoms with van der Waals surface area (Å²) in [6.45, 7) is 4.05. The molecule has 15 heavy (non-hydrogen) atoms. The molecule has 0 aliphatic heterocycles. The molecule has 84 valence electrons. The molecule has 0 fully saturated rings. The molecule has 0 spiro atoms. The lowest BCUT2D eigenvalue weighted by atomic mass is 10.2. The van der Waals surface area contributed by atoms with E-state index in [1.54, 1.807) is 18.2 Å². The van der Waals surface area contributed by atoms with Gasteiger partial charge in [0.05, 0.1) is 11.9 Å². The second-order valence-electron chi connectivity index (χ2n) is 3.75. The summed E-state index contributed by atoms with van der Waals surface area (Å²) in [6.07, 6.45) is 1.13. The third-order valence-corrected chi connectivity index (χ3v) is 2.23. The van der Waals surface area contributed by atoms with Crippen molar-refractivity contribution in [2.24, 2.45) is 0 Å². The van der Waals surface area contributed by atoms with Crippen molar-refractivity contribution in [2.45, 2.75) is 19.9 Å². The first kappa shape index (κ1) is 11.8. The van der Waals surface area contributed by atoms with Crippen LogP contribution in [0.2, 0.25) is 0 Å². The summed E-state index contributed by atoms with van der Waals surface area (Å²) in [6, 6.07) is 7.50. The van der Waals surface area contributed by atoms with Gasteiger partial charge in [-0.25, -0.2) is 8.42 Å². The van der Waals surface area contributed by atoms with Gasteiger partial charge in [0.1, 0.15) is 0 Å². The molecule has 0 aliphatic carbocycles. The van der Waals surface area contributed by atoms with Gasteiger partial charge in [0.15, 0.2) is 0 Å². The van der Waals surface area contributed by atoms with Crippen molar-refractivity contribution in [1.29, 1.82) is 0 Å². The number of sulfonamides is 1. The monoisotopic (exact) mass is 228 g/mol. The summed E-state index contributed by atoms with van der Waals surface area (Å²) >= 11 is 0. The molecule has 5 heteroatoms. The minimum atomic E-state index is -3.20. The van der Waals surface area contributed by atoms with Crippen LogP contribution in [0.5, 0.6) is 0 Å². The quantitative estimate of drug-likeness (QED) is 0.827. The molecule has 0 atom stereocenters. The first-order valence-corrected chi connectivity index (χ1v) is 6.60. The standard InChI is InChI=1S/C10H16N2O2S/c1-8(2)11-9-5-4-6-10(7-9)12-15(3,13)14/h4-8,11-12H,1-3H3. The highest BCUT2D eigenvalue weighted by Gasteiger charge is 2.02. The molecular formula is C10H16N2O2S. The summed E-state index contributed by atoms with van der Waals surface area (Å²) in [4.78, 5) is 0. The number of hydrogen-bond acceptors (Lipinski definition) is 3. The Hall–Kier alpha value is -1.23. The second kappa shape index (κ2) is 4.53. The average molecular weight is 228 g/mol. The lowest BCUT2D eigenvalue weighted by molar-refractivity contribution is 0.607. The Morgan fingerprint density at radius 2 is 1.80 bits per heavy atom. The van der Waals surface area contributed by atoms with Crippen LogP contribution in [0.4, 0.5) is 11.4 Å². The fraction of sp³-hybridized carbons (Fsp3) is 0.400. The van der Waals surface area contributed by atoms with E-state index in [0.29, 0.717) is 11.7 Å². The fourth-order valence-electron chi connectivity index (χ4n) is 1.22. The van der Waals surface area contributed by atoms with E-state index >= 15 is 0 Å². The maximum atomic E-state index is 11.0. The highest BCUT2D eigenvalue weighted by atomic mass is 32.2. The van der Waals surface area contributed by atoms with Gasteiger partial charge in [-0.05, 0) is 32.0 Å². The van der Waals surface area contributed by atoms with Gasteiger partial charge < -0.3 is 5.32 Å². The number of anilines is 2. The highest BCUT2D eigenvalue weighted by Crippen LogP contribution is 2.16. The lowest BCUT2D eigenvalue weighted by Crippen LogP contribution is -2.12. The maximum absolute atomic E-state index is 11.0. The molecule has 0 saturated heterocycles. The molecule has 4 nitrogen and oxygen atoms in total. The number of nitrogens with one attached hydrogen (secondary N) is 2. The smallest absolute Gasteiger partial charge is 0.229 e. The molecular weight excluding hydrogens is 212 g/mol. The number of hydrogen-bond donors (Lipinski definition) is 2. The summed E-state index contributed by atoms with van der Waals surface area (Å²) in [7, 11) is -3.20. The molecule has 0 unspecified atom stereocenters. The summed E-state index contributed by atoms with van der Waals surface area (Å²) in [5.41, 5.74) is 1.47. The zero-order valence-corrected chi connectivity index (χ0v) is 9.93. The topological polar surface area (TPSA) is 58.2 Å². The minimum Gasteiger partial charge on any atom is -0.383 e. The Bertz CT molecular complexity index is 427. The van der Waals surface area contributed by atoms with Gasteiger partial charge in [-0.3, -0.25) is 4.72 Å². The largest absolute Gasteiger partial charge is 0.383 e. The number of rotatable bonds is 4. The average Bonchev–Trinajstić information content (AvgIpc) is 1.99. The van der Waals surface area contributed by atoms with Gasteiger partial charge in [-0.2, -0.15) is 0 Å². The Morgan fingerprint density at radius 3 is 2.33 bits per heavy atom. The van der Waals surface area contributed by atoms with Crippen molar-refractivity contribution >= 4 is 21.4 Å². The van der Waals surface area contributed by atoms with E-state index in [1.807, 2.05) is 19.9 Å². The van der Waals surface area contributed by atoms with Gasteiger partial charge in [0.2, 0.25) is 10.0 Å². The van der Waals surface area contributed by atoms with Crippen LogP contribution in [0.25, 0.3) is 0 Å². The Morgan fingerprint density at radius 1 is 1.20 bits per heavy atom. The predicted octanol–water partition coefficient (Wildman–Crippen LogP) is 1.88. The van der Waals surface area contributed by atoms with E-state index < -0.39 is 10.0 Å². The first-order valence-electron chi connectivity index (χ1n) is 4.71. The highest BCUT2D eigenvalue weighted by molar-refractivity contribution is 7.92. The van der Waals surface area contributed by atoms with Gasteiger partial charge in [-0.1, -0.05) is 6.07 Å². The van der Waals surface area contributed by atoms with E-state index in [2.05, 4.69) is 10.0 Å². The van der Waals surface area contributed by atoms with Gasteiger partial charge in [-0.15, -0.1) is 0 Å². The Balaban J connectivity index is 2.83. The van der Waals surface area contributed by atoms with Crippen LogP contribution in [0, 0.1) is 0 Å². The van der Waals surface area contributed by atoms with Crippen molar-refractivity contribution in [1.82, 2.24) is 0 Å². The Kier molecular flexibility index (Phi) is 3.57. The zero-order chi connectivity index (χ0) is 11.5. The normalized spacial score (nSPS) is 11.5. The van der Waals surface area contributed by atoms with Crippen LogP contribution >= 0.6 is 0 Å². The molecule has 1 aromatic carbocycles. The van der Waals surface area contributed by atoms with Crippen molar-refractivity contribution in [3.63, 3.8) is 0 Å². The van der Waals surface area contributed by atoms with Gasteiger partial charge >= 0.3 is 0 Å². The summed E-state index contributed by atoms with van der Waals surface area (Å²) in [5, 5.41) is 3.20. The molecule has 0 bridgehead atoms. The number of benzene rings is 1. The molecule has 0 heterocycles. The molecule has 0 radical (unpaired) electrons. The molecule has 1 rings (SSSR count). The van der Waals surface area contributed by atoms with Crippen LogP contribution < -0.4 is 10.0 Å².